The standard InChI is InChI=1S/C25H32N4O4/c1-17(2)23(33-21-8-6-7-19(16-21)24(30)32-5)27-25(31)26-20-9-10-22-18(15-20)11-12-29(22)14-13-28(3)4/h6-12,15-17,23H,13-14H2,1-5H3,(H2,26,27,31). The maximum Gasteiger partial charge on any atom is 0.337 e. The number of nitrogens with zero attached hydrogens (tertiary/aromatic N) is 2. The molecule has 0 spiro atoms. The van der Waals surface area contributed by atoms with E-state index in [1.54, 1.807) is 24.3 Å². The molecule has 2 aromatic carbocycles. The molecule has 33 heavy (non-hydrogen) atoms. The molecule has 0 fully saturated rings. The first-order valence-corrected chi connectivity index (χ1v) is 10.9. The first kappa shape index (κ1) is 24.1. The van der Waals surface area contributed by atoms with Crippen molar-refractivity contribution in [3.63, 3.8) is 0 Å². The highest BCUT2D eigenvalue weighted by atomic mass is 16.5. The van der Waals surface area contributed by atoms with Crippen molar-refractivity contribution in [1.82, 2.24) is 14.8 Å². The lowest BCUT2D eigenvalue weighted by Gasteiger charge is -2.24. The molecule has 8 nitrogen and oxygen atoms in total. The van der Waals surface area contributed by atoms with Crippen molar-refractivity contribution in [2.45, 2.75) is 26.6 Å². The van der Waals surface area contributed by atoms with Gasteiger partial charge in [-0.1, -0.05) is 19.9 Å². The lowest BCUT2D eigenvalue weighted by molar-refractivity contribution is 0.0599. The van der Waals surface area contributed by atoms with Gasteiger partial charge in [-0.3, -0.25) is 0 Å². The van der Waals surface area contributed by atoms with Gasteiger partial charge in [0.2, 0.25) is 0 Å². The van der Waals surface area contributed by atoms with E-state index in [-0.39, 0.29) is 11.9 Å². The molecule has 0 radical (unpaired) electrons. The van der Waals surface area contributed by atoms with Gasteiger partial charge in [0.15, 0.2) is 6.23 Å². The van der Waals surface area contributed by atoms with E-state index >= 15 is 0 Å². The highest BCUT2D eigenvalue weighted by molar-refractivity contribution is 5.93. The Morgan fingerprint density at radius 1 is 1.09 bits per heavy atom. The molecule has 0 aliphatic heterocycles. The molecule has 0 saturated heterocycles. The second-order valence-corrected chi connectivity index (χ2v) is 8.49. The molecule has 1 heterocycles. The molecular formula is C25H32N4O4. The van der Waals surface area contributed by atoms with Gasteiger partial charge in [0.05, 0.1) is 12.7 Å². The Morgan fingerprint density at radius 2 is 1.88 bits per heavy atom. The fourth-order valence-electron chi connectivity index (χ4n) is 3.37. The fourth-order valence-corrected chi connectivity index (χ4v) is 3.37. The maximum atomic E-state index is 12.7. The second-order valence-electron chi connectivity index (χ2n) is 8.49. The summed E-state index contributed by atoms with van der Waals surface area (Å²) in [4.78, 5) is 26.6. The van der Waals surface area contributed by atoms with Gasteiger partial charge >= 0.3 is 12.0 Å². The number of hydrogen-bond acceptors (Lipinski definition) is 5. The Kier molecular flexibility index (Phi) is 7.95. The monoisotopic (exact) mass is 452 g/mol. The zero-order chi connectivity index (χ0) is 24.0. The predicted molar refractivity (Wildman–Crippen MR) is 130 cm³/mol. The summed E-state index contributed by atoms with van der Waals surface area (Å²) in [5, 5.41) is 6.80. The summed E-state index contributed by atoms with van der Waals surface area (Å²) < 4.78 is 12.9. The summed E-state index contributed by atoms with van der Waals surface area (Å²) >= 11 is 0. The number of methoxy groups -OCH3 is 1. The minimum absolute atomic E-state index is 0.00857. The number of hydrogen-bond donors (Lipinski definition) is 2. The van der Waals surface area contributed by atoms with Gasteiger partial charge in [0.1, 0.15) is 5.75 Å². The molecular weight excluding hydrogens is 420 g/mol. The number of aromatic nitrogens is 1. The number of amides is 2. The summed E-state index contributed by atoms with van der Waals surface area (Å²) in [5.41, 5.74) is 2.20. The molecule has 2 amide bonds. The summed E-state index contributed by atoms with van der Waals surface area (Å²) in [6.07, 6.45) is 1.47. The Bertz CT molecular complexity index is 1110. The van der Waals surface area contributed by atoms with Gasteiger partial charge in [0.25, 0.3) is 0 Å². The number of fused-ring (bicyclic) bond motifs is 1. The lowest BCUT2D eigenvalue weighted by atomic mass is 10.2. The Labute approximate surface area is 194 Å². The molecule has 1 unspecified atom stereocenters. The molecule has 1 atom stereocenters. The van der Waals surface area contributed by atoms with Crippen molar-refractivity contribution >= 4 is 28.6 Å². The number of carbonyl (C=O) groups excluding carboxylic acids is 2. The fraction of sp³-hybridized carbons (Fsp3) is 0.360. The van der Waals surface area contributed by atoms with E-state index in [1.165, 1.54) is 7.11 Å². The van der Waals surface area contributed by atoms with Gasteiger partial charge in [-0.15, -0.1) is 0 Å². The Balaban J connectivity index is 1.65. The van der Waals surface area contributed by atoms with Crippen LogP contribution in [-0.2, 0) is 11.3 Å². The number of anilines is 1. The van der Waals surface area contributed by atoms with Crippen molar-refractivity contribution in [2.24, 2.45) is 5.92 Å². The van der Waals surface area contributed by atoms with E-state index < -0.39 is 12.2 Å². The zero-order valence-electron chi connectivity index (χ0n) is 19.8. The van der Waals surface area contributed by atoms with E-state index in [0.717, 1.165) is 24.0 Å². The van der Waals surface area contributed by atoms with Crippen LogP contribution < -0.4 is 15.4 Å². The van der Waals surface area contributed by atoms with Crippen molar-refractivity contribution < 1.29 is 19.1 Å². The molecule has 0 aliphatic carbocycles. The lowest BCUT2D eigenvalue weighted by Crippen LogP contribution is -2.44. The van der Waals surface area contributed by atoms with Gasteiger partial charge in [-0.25, -0.2) is 9.59 Å². The van der Waals surface area contributed by atoms with Crippen LogP contribution in [0.2, 0.25) is 0 Å². The topological polar surface area (TPSA) is 84.8 Å². The molecule has 2 N–H and O–H groups in total. The number of likely N-dealkylation sites (N-methyl/N-ethyl adjacent to an activating group) is 1. The Morgan fingerprint density at radius 3 is 2.58 bits per heavy atom. The molecule has 8 heteroatoms. The molecule has 1 aromatic heterocycles. The summed E-state index contributed by atoms with van der Waals surface area (Å²) in [6.45, 7) is 5.73. The molecule has 0 saturated carbocycles. The van der Waals surface area contributed by atoms with Gasteiger partial charge in [-0.2, -0.15) is 0 Å². The minimum atomic E-state index is -0.589. The van der Waals surface area contributed by atoms with Crippen LogP contribution in [0, 0.1) is 5.92 Å². The van der Waals surface area contributed by atoms with Crippen LogP contribution in [0.3, 0.4) is 0 Å². The molecule has 0 bridgehead atoms. The number of esters is 1. The van der Waals surface area contributed by atoms with Crippen LogP contribution in [-0.4, -0.2) is 55.4 Å². The number of nitrogens with one attached hydrogen (secondary N) is 2. The quantitative estimate of drug-likeness (QED) is 0.376. The number of urea groups is 1. The van der Waals surface area contributed by atoms with Gasteiger partial charge in [-0.05, 0) is 56.6 Å². The van der Waals surface area contributed by atoms with E-state index in [9.17, 15) is 9.59 Å². The van der Waals surface area contributed by atoms with Crippen LogP contribution in [0.1, 0.15) is 24.2 Å². The normalized spacial score (nSPS) is 12.1. The van der Waals surface area contributed by atoms with Crippen molar-refractivity contribution in [2.75, 3.05) is 33.1 Å². The third kappa shape index (κ3) is 6.49. The average Bonchev–Trinajstić information content (AvgIpc) is 3.19. The van der Waals surface area contributed by atoms with Gasteiger partial charge in [0, 0.05) is 41.8 Å². The zero-order valence-corrected chi connectivity index (χ0v) is 19.8. The maximum absolute atomic E-state index is 12.7. The van der Waals surface area contributed by atoms with Crippen molar-refractivity contribution in [3.8, 4) is 5.75 Å². The van der Waals surface area contributed by atoms with Crippen molar-refractivity contribution in [1.29, 1.82) is 0 Å². The van der Waals surface area contributed by atoms with Crippen molar-refractivity contribution in [3.05, 3.63) is 60.3 Å². The van der Waals surface area contributed by atoms with E-state index in [4.69, 9.17) is 9.47 Å². The molecule has 3 aromatic rings. The predicted octanol–water partition coefficient (Wildman–Crippen LogP) is 4.17. The Hall–Kier alpha value is -3.52. The average molecular weight is 453 g/mol. The number of rotatable bonds is 9. The van der Waals surface area contributed by atoms with E-state index in [2.05, 4.69) is 40.4 Å². The molecule has 176 valence electrons. The smallest absolute Gasteiger partial charge is 0.337 e. The summed E-state index contributed by atoms with van der Waals surface area (Å²) in [6, 6.07) is 14.2. The highest BCUT2D eigenvalue weighted by Crippen LogP contribution is 2.21. The molecule has 0 aliphatic rings. The van der Waals surface area contributed by atoms with Crippen LogP contribution in [0.5, 0.6) is 5.75 Å². The third-order valence-corrected chi connectivity index (χ3v) is 5.21. The molecule has 3 rings (SSSR count). The third-order valence-electron chi connectivity index (χ3n) is 5.21. The first-order valence-electron chi connectivity index (χ1n) is 10.9. The van der Waals surface area contributed by atoms with Crippen LogP contribution >= 0.6 is 0 Å². The SMILES string of the molecule is COC(=O)c1cccc(OC(NC(=O)Nc2ccc3c(ccn3CCN(C)C)c2)C(C)C)c1. The number of carbonyl (C=O) groups is 2. The first-order chi connectivity index (χ1) is 15.8. The largest absolute Gasteiger partial charge is 0.470 e. The van der Waals surface area contributed by atoms with E-state index in [0.29, 0.717) is 17.0 Å². The van der Waals surface area contributed by atoms with Crippen LogP contribution in [0.25, 0.3) is 10.9 Å². The number of ether oxygens (including phenoxy) is 2. The highest BCUT2D eigenvalue weighted by Gasteiger charge is 2.19. The second kappa shape index (κ2) is 10.9. The summed E-state index contributed by atoms with van der Waals surface area (Å²) in [5.74, 6) is 0.0151. The number of benzene rings is 2. The summed E-state index contributed by atoms with van der Waals surface area (Å²) in [7, 11) is 5.43. The minimum Gasteiger partial charge on any atom is -0.470 e. The van der Waals surface area contributed by atoms with Crippen LogP contribution in [0.4, 0.5) is 10.5 Å². The van der Waals surface area contributed by atoms with Crippen LogP contribution in [0.15, 0.2) is 54.7 Å². The van der Waals surface area contributed by atoms with Gasteiger partial charge < -0.3 is 29.6 Å². The van der Waals surface area contributed by atoms with E-state index in [1.807, 2.05) is 38.1 Å².